The molecule has 0 spiro atoms. The molecule has 0 N–H and O–H groups in total. The Kier molecular flexibility index (Phi) is 4.32. The Balaban J connectivity index is 2.33. The molecule has 0 unspecified atom stereocenters. The second-order valence-electron chi connectivity index (χ2n) is 4.23. The number of benzene rings is 2. The summed E-state index contributed by atoms with van der Waals surface area (Å²) in [6.45, 7) is 0. The van der Waals surface area contributed by atoms with Crippen LogP contribution in [0.4, 0.5) is 15.8 Å². The minimum absolute atomic E-state index is 0.0772. The Morgan fingerprint density at radius 2 is 1.86 bits per heavy atom. The summed E-state index contributed by atoms with van der Waals surface area (Å²) in [4.78, 5) is 23.6. The van der Waals surface area contributed by atoms with Crippen molar-refractivity contribution >= 4 is 33.2 Å². The number of nitrogens with zero attached hydrogens (tertiary/aromatic N) is 2. The van der Waals surface area contributed by atoms with Crippen LogP contribution in [0.2, 0.25) is 0 Å². The summed E-state index contributed by atoms with van der Waals surface area (Å²) < 4.78 is 14.1. The van der Waals surface area contributed by atoms with Gasteiger partial charge in [0.2, 0.25) is 0 Å². The van der Waals surface area contributed by atoms with Gasteiger partial charge >= 0.3 is 0 Å². The molecule has 0 aliphatic rings. The summed E-state index contributed by atoms with van der Waals surface area (Å²) >= 11 is 3.14. The zero-order valence-electron chi connectivity index (χ0n) is 10.9. The van der Waals surface area contributed by atoms with Gasteiger partial charge in [0.15, 0.2) is 0 Å². The monoisotopic (exact) mass is 352 g/mol. The maximum Gasteiger partial charge on any atom is 0.269 e. The van der Waals surface area contributed by atoms with Gasteiger partial charge in [0.05, 0.1) is 10.5 Å². The van der Waals surface area contributed by atoms with E-state index in [0.717, 1.165) is 0 Å². The zero-order chi connectivity index (χ0) is 15.6. The number of hydrogen-bond donors (Lipinski definition) is 0. The summed E-state index contributed by atoms with van der Waals surface area (Å²) in [7, 11) is 1.47. The van der Waals surface area contributed by atoms with Crippen LogP contribution in [-0.4, -0.2) is 17.9 Å². The molecule has 7 heteroatoms. The lowest BCUT2D eigenvalue weighted by molar-refractivity contribution is -0.384. The number of carbonyl (C=O) groups excluding carboxylic acids is 1. The van der Waals surface area contributed by atoms with Crippen LogP contribution < -0.4 is 4.90 Å². The highest BCUT2D eigenvalue weighted by molar-refractivity contribution is 9.10. The average molecular weight is 353 g/mol. The maximum absolute atomic E-state index is 13.8. The number of nitro benzene ring substituents is 1. The van der Waals surface area contributed by atoms with E-state index in [-0.39, 0.29) is 11.3 Å². The molecular weight excluding hydrogens is 343 g/mol. The standard InChI is InChI=1S/C14H10BrFN2O3/c1-17(9-5-7-10(8-6-9)18(20)21)14(19)13-11(15)3-2-4-12(13)16/h2-8H,1H3. The molecule has 0 radical (unpaired) electrons. The first-order valence-corrected chi connectivity index (χ1v) is 6.67. The van der Waals surface area contributed by atoms with Gasteiger partial charge in [-0.3, -0.25) is 14.9 Å². The van der Waals surface area contributed by atoms with E-state index >= 15 is 0 Å². The van der Waals surface area contributed by atoms with Crippen molar-refractivity contribution in [3.63, 3.8) is 0 Å². The smallest absolute Gasteiger partial charge is 0.269 e. The number of nitro groups is 1. The van der Waals surface area contributed by atoms with E-state index in [0.29, 0.717) is 10.2 Å². The molecule has 0 aliphatic heterocycles. The van der Waals surface area contributed by atoms with Crippen molar-refractivity contribution < 1.29 is 14.1 Å². The highest BCUT2D eigenvalue weighted by Crippen LogP contribution is 2.24. The fraction of sp³-hybridized carbons (Fsp3) is 0.0714. The summed E-state index contributed by atoms with van der Waals surface area (Å²) in [5, 5.41) is 10.6. The van der Waals surface area contributed by atoms with E-state index in [1.54, 1.807) is 6.07 Å². The van der Waals surface area contributed by atoms with Crippen molar-refractivity contribution in [3.8, 4) is 0 Å². The van der Waals surface area contributed by atoms with Crippen LogP contribution in [-0.2, 0) is 0 Å². The fourth-order valence-electron chi connectivity index (χ4n) is 1.79. The van der Waals surface area contributed by atoms with Gasteiger partial charge in [-0.1, -0.05) is 6.07 Å². The van der Waals surface area contributed by atoms with Gasteiger partial charge in [-0.2, -0.15) is 0 Å². The molecule has 0 aromatic heterocycles. The third-order valence-corrected chi connectivity index (χ3v) is 3.59. The number of halogens is 2. The Hall–Kier alpha value is -2.28. The van der Waals surface area contributed by atoms with Crippen LogP contribution in [0, 0.1) is 15.9 Å². The van der Waals surface area contributed by atoms with E-state index in [4.69, 9.17) is 0 Å². The normalized spacial score (nSPS) is 10.2. The van der Waals surface area contributed by atoms with E-state index in [1.165, 1.54) is 48.3 Å². The summed E-state index contributed by atoms with van der Waals surface area (Å²) in [6, 6.07) is 9.70. The predicted octanol–water partition coefficient (Wildman–Crippen LogP) is 3.77. The number of anilines is 1. The van der Waals surface area contributed by atoms with Crippen molar-refractivity contribution in [2.75, 3.05) is 11.9 Å². The Morgan fingerprint density at radius 3 is 2.38 bits per heavy atom. The summed E-state index contributed by atoms with van der Waals surface area (Å²) in [5.74, 6) is -1.18. The Bertz CT molecular complexity index is 684. The third-order valence-electron chi connectivity index (χ3n) is 2.93. The van der Waals surface area contributed by atoms with Crippen molar-refractivity contribution in [1.82, 2.24) is 0 Å². The fourth-order valence-corrected chi connectivity index (χ4v) is 2.30. The van der Waals surface area contributed by atoms with Crippen LogP contribution >= 0.6 is 15.9 Å². The number of amides is 1. The Morgan fingerprint density at radius 1 is 1.24 bits per heavy atom. The molecule has 1 amide bonds. The van der Waals surface area contributed by atoms with Gasteiger partial charge in [-0.05, 0) is 40.2 Å². The predicted molar refractivity (Wildman–Crippen MR) is 79.9 cm³/mol. The van der Waals surface area contributed by atoms with E-state index < -0.39 is 16.6 Å². The molecule has 0 aliphatic carbocycles. The molecule has 21 heavy (non-hydrogen) atoms. The quantitative estimate of drug-likeness (QED) is 0.623. The maximum atomic E-state index is 13.8. The molecule has 2 aromatic rings. The minimum atomic E-state index is -0.636. The van der Waals surface area contributed by atoms with Gasteiger partial charge in [0.1, 0.15) is 5.82 Å². The average Bonchev–Trinajstić information content (AvgIpc) is 2.46. The number of rotatable bonds is 3. The summed E-state index contributed by atoms with van der Waals surface area (Å²) in [6.07, 6.45) is 0. The molecule has 0 atom stereocenters. The SMILES string of the molecule is CN(C(=O)c1c(F)cccc1Br)c1ccc([N+](=O)[O-])cc1. The summed E-state index contributed by atoms with van der Waals surface area (Å²) in [5.41, 5.74) is 0.269. The first-order chi connectivity index (χ1) is 9.91. The molecule has 108 valence electrons. The molecule has 0 fully saturated rings. The van der Waals surface area contributed by atoms with Crippen molar-refractivity contribution in [1.29, 1.82) is 0 Å². The van der Waals surface area contributed by atoms with E-state index in [2.05, 4.69) is 15.9 Å². The Labute approximate surface area is 128 Å². The van der Waals surface area contributed by atoms with Gasteiger partial charge in [-0.15, -0.1) is 0 Å². The van der Waals surface area contributed by atoms with Crippen LogP contribution in [0.3, 0.4) is 0 Å². The molecule has 2 rings (SSSR count). The molecule has 0 saturated heterocycles. The van der Waals surface area contributed by atoms with Gasteiger partial charge in [0, 0.05) is 29.3 Å². The van der Waals surface area contributed by atoms with Crippen LogP contribution in [0.25, 0.3) is 0 Å². The molecule has 0 saturated carbocycles. The van der Waals surface area contributed by atoms with E-state index in [1.807, 2.05) is 0 Å². The molecule has 2 aromatic carbocycles. The highest BCUT2D eigenvalue weighted by Gasteiger charge is 2.20. The van der Waals surface area contributed by atoms with Gasteiger partial charge in [-0.25, -0.2) is 4.39 Å². The van der Waals surface area contributed by atoms with Crippen LogP contribution in [0.5, 0.6) is 0 Å². The lowest BCUT2D eigenvalue weighted by Gasteiger charge is -2.18. The lowest BCUT2D eigenvalue weighted by Crippen LogP contribution is -2.27. The first-order valence-electron chi connectivity index (χ1n) is 5.88. The second kappa shape index (κ2) is 6.01. The molecule has 0 heterocycles. The number of carbonyl (C=O) groups is 1. The van der Waals surface area contributed by atoms with E-state index in [9.17, 15) is 19.3 Å². The minimum Gasteiger partial charge on any atom is -0.311 e. The molecule has 0 bridgehead atoms. The lowest BCUT2D eigenvalue weighted by atomic mass is 10.1. The van der Waals surface area contributed by atoms with Crippen molar-refractivity contribution in [2.45, 2.75) is 0 Å². The second-order valence-corrected chi connectivity index (χ2v) is 5.09. The molecular formula is C14H10BrFN2O3. The van der Waals surface area contributed by atoms with Crippen LogP contribution in [0.1, 0.15) is 10.4 Å². The topological polar surface area (TPSA) is 63.5 Å². The zero-order valence-corrected chi connectivity index (χ0v) is 12.5. The van der Waals surface area contributed by atoms with Gasteiger partial charge in [0.25, 0.3) is 11.6 Å². The number of non-ortho nitro benzene ring substituents is 1. The highest BCUT2D eigenvalue weighted by atomic mass is 79.9. The van der Waals surface area contributed by atoms with Crippen molar-refractivity contribution in [2.24, 2.45) is 0 Å². The largest absolute Gasteiger partial charge is 0.311 e. The first kappa shape index (κ1) is 15.1. The van der Waals surface area contributed by atoms with Crippen molar-refractivity contribution in [3.05, 3.63) is 68.4 Å². The van der Waals surface area contributed by atoms with Crippen LogP contribution in [0.15, 0.2) is 46.9 Å². The van der Waals surface area contributed by atoms with Gasteiger partial charge < -0.3 is 4.90 Å². The third kappa shape index (κ3) is 3.08. The number of hydrogen-bond acceptors (Lipinski definition) is 3. The molecule has 5 nitrogen and oxygen atoms in total.